The molecule has 0 aliphatic heterocycles. The fourth-order valence-electron chi connectivity index (χ4n) is 0.811. The molecule has 2 N–H and O–H groups in total. The minimum Gasteiger partial charge on any atom is -0.477 e. The maximum atomic E-state index is 8.57. The number of aliphatic hydroxyl groups excluding tert-OH is 1. The van der Waals surface area contributed by atoms with Crippen LogP contribution >= 0.6 is 0 Å². The summed E-state index contributed by atoms with van der Waals surface area (Å²) in [6.45, 7) is 2.65. The Hall–Kier alpha value is -1.03. The number of H-pyrrole nitrogens is 1. The molecule has 4 heteroatoms. The number of hydrogen-bond donors (Lipinski definition) is 2. The average Bonchev–Trinajstić information content (AvgIpc) is 2.38. The molecular formula is C7H12N2O2. The summed E-state index contributed by atoms with van der Waals surface area (Å²) in [5, 5.41) is 15.2. The predicted octanol–water partition coefficient (Wildman–Crippen LogP) is 0.343. The number of ether oxygens (including phenoxy) is 1. The van der Waals surface area contributed by atoms with Crippen LogP contribution in [0.15, 0.2) is 6.07 Å². The van der Waals surface area contributed by atoms with Crippen LogP contribution in [0.25, 0.3) is 0 Å². The van der Waals surface area contributed by atoms with Gasteiger partial charge in [0, 0.05) is 24.8 Å². The van der Waals surface area contributed by atoms with Crippen molar-refractivity contribution >= 4 is 0 Å². The van der Waals surface area contributed by atoms with Crippen molar-refractivity contribution in [1.82, 2.24) is 10.2 Å². The predicted molar refractivity (Wildman–Crippen MR) is 40.5 cm³/mol. The third-order valence-electron chi connectivity index (χ3n) is 1.28. The summed E-state index contributed by atoms with van der Waals surface area (Å²) in [5.74, 6) is 0.593. The van der Waals surface area contributed by atoms with Gasteiger partial charge in [0.15, 0.2) is 0 Å². The fraction of sp³-hybridized carbons (Fsp3) is 0.571. The van der Waals surface area contributed by atoms with Gasteiger partial charge in [0.25, 0.3) is 0 Å². The van der Waals surface area contributed by atoms with Crippen LogP contribution < -0.4 is 4.74 Å². The summed E-state index contributed by atoms with van der Waals surface area (Å²) >= 11 is 0. The number of aromatic amines is 1. The smallest absolute Gasteiger partial charge is 0.232 e. The van der Waals surface area contributed by atoms with E-state index < -0.39 is 0 Å². The first-order chi connectivity index (χ1) is 5.36. The Morgan fingerprint density at radius 2 is 2.55 bits per heavy atom. The van der Waals surface area contributed by atoms with Gasteiger partial charge in [-0.25, -0.2) is 0 Å². The first-order valence-electron chi connectivity index (χ1n) is 3.64. The van der Waals surface area contributed by atoms with Gasteiger partial charge in [-0.15, -0.1) is 5.10 Å². The molecule has 0 saturated carbocycles. The van der Waals surface area contributed by atoms with Gasteiger partial charge in [0.05, 0.1) is 6.61 Å². The lowest BCUT2D eigenvalue weighted by Crippen LogP contribution is -1.90. The van der Waals surface area contributed by atoms with Gasteiger partial charge in [0.2, 0.25) is 5.88 Å². The van der Waals surface area contributed by atoms with E-state index in [9.17, 15) is 0 Å². The van der Waals surface area contributed by atoms with E-state index in [1.807, 2.05) is 6.92 Å². The van der Waals surface area contributed by atoms with Crippen LogP contribution in [0.3, 0.4) is 0 Å². The topological polar surface area (TPSA) is 58.1 Å². The van der Waals surface area contributed by atoms with Crippen LogP contribution in [0.2, 0.25) is 0 Å². The lowest BCUT2D eigenvalue weighted by Gasteiger charge is -1.92. The Balaban J connectivity index is 2.51. The molecule has 0 amide bonds. The number of aliphatic hydroxyl groups is 1. The fourth-order valence-corrected chi connectivity index (χ4v) is 0.811. The molecule has 1 rings (SSSR count). The lowest BCUT2D eigenvalue weighted by atomic mass is 10.3. The summed E-state index contributed by atoms with van der Waals surface area (Å²) in [5.41, 5.74) is 0.899. The van der Waals surface area contributed by atoms with Gasteiger partial charge in [-0.3, -0.25) is 5.10 Å². The number of nitrogens with zero attached hydrogens (tertiary/aromatic N) is 1. The molecule has 4 nitrogen and oxygen atoms in total. The maximum absolute atomic E-state index is 8.57. The van der Waals surface area contributed by atoms with E-state index in [0.29, 0.717) is 18.9 Å². The standard InChI is InChI=1S/C7H12N2O2/c1-2-11-7-5-6(3-4-10)8-9-7/h5,10H,2-4H2,1H3,(H,8,9). The van der Waals surface area contributed by atoms with Crippen molar-refractivity contribution in [3.63, 3.8) is 0 Å². The van der Waals surface area contributed by atoms with Crippen LogP contribution in [-0.4, -0.2) is 28.5 Å². The molecule has 0 aliphatic rings. The molecule has 0 spiro atoms. The molecular weight excluding hydrogens is 144 g/mol. The molecule has 0 fully saturated rings. The third kappa shape index (κ3) is 2.23. The highest BCUT2D eigenvalue weighted by molar-refractivity contribution is 5.13. The minimum atomic E-state index is 0.133. The zero-order valence-corrected chi connectivity index (χ0v) is 6.50. The highest BCUT2D eigenvalue weighted by Gasteiger charge is 1.98. The Bertz CT molecular complexity index is 189. The maximum Gasteiger partial charge on any atom is 0.232 e. The molecule has 0 bridgehead atoms. The van der Waals surface area contributed by atoms with Crippen molar-refractivity contribution in [1.29, 1.82) is 0 Å². The Morgan fingerprint density at radius 1 is 1.73 bits per heavy atom. The zero-order chi connectivity index (χ0) is 8.10. The molecule has 0 saturated heterocycles. The van der Waals surface area contributed by atoms with E-state index >= 15 is 0 Å². The molecule has 0 atom stereocenters. The first-order valence-corrected chi connectivity index (χ1v) is 3.64. The number of rotatable bonds is 4. The van der Waals surface area contributed by atoms with Crippen molar-refractivity contribution in [2.45, 2.75) is 13.3 Å². The molecule has 1 aromatic heterocycles. The first kappa shape index (κ1) is 8.07. The zero-order valence-electron chi connectivity index (χ0n) is 6.50. The van der Waals surface area contributed by atoms with E-state index in [0.717, 1.165) is 5.69 Å². The minimum absolute atomic E-state index is 0.133. The van der Waals surface area contributed by atoms with Gasteiger partial charge in [-0.05, 0) is 6.92 Å². The van der Waals surface area contributed by atoms with Crippen LogP contribution in [0.1, 0.15) is 12.6 Å². The quantitative estimate of drug-likeness (QED) is 0.661. The molecule has 0 unspecified atom stereocenters. The van der Waals surface area contributed by atoms with Crippen molar-refractivity contribution in [2.75, 3.05) is 13.2 Å². The van der Waals surface area contributed by atoms with Crippen LogP contribution in [0.4, 0.5) is 0 Å². The van der Waals surface area contributed by atoms with Crippen LogP contribution in [0, 0.1) is 0 Å². The summed E-state index contributed by atoms with van der Waals surface area (Å²) in [6.07, 6.45) is 0.597. The van der Waals surface area contributed by atoms with E-state index in [-0.39, 0.29) is 6.61 Å². The summed E-state index contributed by atoms with van der Waals surface area (Å²) in [4.78, 5) is 0. The third-order valence-corrected chi connectivity index (χ3v) is 1.28. The largest absolute Gasteiger partial charge is 0.477 e. The summed E-state index contributed by atoms with van der Waals surface area (Å²) < 4.78 is 5.11. The molecule has 1 heterocycles. The highest BCUT2D eigenvalue weighted by Crippen LogP contribution is 2.07. The molecule has 1 aromatic rings. The van der Waals surface area contributed by atoms with Crippen LogP contribution in [-0.2, 0) is 6.42 Å². The number of aromatic nitrogens is 2. The lowest BCUT2D eigenvalue weighted by molar-refractivity contribution is 0.298. The van der Waals surface area contributed by atoms with Crippen molar-refractivity contribution in [2.24, 2.45) is 0 Å². The molecule has 0 radical (unpaired) electrons. The Labute approximate surface area is 65.2 Å². The van der Waals surface area contributed by atoms with E-state index in [4.69, 9.17) is 9.84 Å². The van der Waals surface area contributed by atoms with E-state index in [2.05, 4.69) is 10.2 Å². The Kier molecular flexibility index (Phi) is 2.92. The van der Waals surface area contributed by atoms with Crippen LogP contribution in [0.5, 0.6) is 5.88 Å². The van der Waals surface area contributed by atoms with Gasteiger partial charge >= 0.3 is 0 Å². The molecule has 62 valence electrons. The van der Waals surface area contributed by atoms with Gasteiger partial charge in [0.1, 0.15) is 0 Å². The second-order valence-electron chi connectivity index (χ2n) is 2.14. The normalized spacial score (nSPS) is 10.0. The summed E-state index contributed by atoms with van der Waals surface area (Å²) in [7, 11) is 0. The highest BCUT2D eigenvalue weighted by atomic mass is 16.5. The van der Waals surface area contributed by atoms with E-state index in [1.54, 1.807) is 6.07 Å². The van der Waals surface area contributed by atoms with Crippen molar-refractivity contribution in [3.05, 3.63) is 11.8 Å². The average molecular weight is 156 g/mol. The van der Waals surface area contributed by atoms with Crippen molar-refractivity contribution < 1.29 is 9.84 Å². The second-order valence-corrected chi connectivity index (χ2v) is 2.14. The molecule has 11 heavy (non-hydrogen) atoms. The number of hydrogen-bond acceptors (Lipinski definition) is 3. The van der Waals surface area contributed by atoms with Gasteiger partial charge < -0.3 is 9.84 Å². The number of nitrogens with one attached hydrogen (secondary N) is 1. The second kappa shape index (κ2) is 3.98. The molecule has 0 aromatic carbocycles. The van der Waals surface area contributed by atoms with E-state index in [1.165, 1.54) is 0 Å². The molecule has 0 aliphatic carbocycles. The Morgan fingerprint density at radius 3 is 3.18 bits per heavy atom. The van der Waals surface area contributed by atoms with Gasteiger partial charge in [-0.1, -0.05) is 0 Å². The monoisotopic (exact) mass is 156 g/mol. The summed E-state index contributed by atoms with van der Waals surface area (Å²) in [6, 6.07) is 1.79. The van der Waals surface area contributed by atoms with Crippen molar-refractivity contribution in [3.8, 4) is 5.88 Å². The SMILES string of the molecule is CCOc1cc(CCO)[nH]n1. The van der Waals surface area contributed by atoms with Gasteiger partial charge in [-0.2, -0.15) is 0 Å².